The van der Waals surface area contributed by atoms with Gasteiger partial charge in [0.2, 0.25) is 0 Å². The van der Waals surface area contributed by atoms with Gasteiger partial charge < -0.3 is 15.3 Å². The zero-order chi connectivity index (χ0) is 16.3. The molecule has 0 spiro atoms. The SMILES string of the molecule is CC(C)(C)c1nc(CCNC(=O)N2CCC(C(=O)O)C2)cs1. The van der Waals surface area contributed by atoms with E-state index >= 15 is 0 Å². The van der Waals surface area contributed by atoms with E-state index in [1.54, 1.807) is 16.2 Å². The van der Waals surface area contributed by atoms with Crippen molar-refractivity contribution in [3.63, 3.8) is 0 Å². The van der Waals surface area contributed by atoms with E-state index in [4.69, 9.17) is 5.11 Å². The molecule has 2 N–H and O–H groups in total. The van der Waals surface area contributed by atoms with Crippen molar-refractivity contribution in [3.8, 4) is 0 Å². The fraction of sp³-hybridized carbons (Fsp3) is 0.667. The molecule has 1 saturated heterocycles. The van der Waals surface area contributed by atoms with Crippen LogP contribution in [0.3, 0.4) is 0 Å². The zero-order valence-electron chi connectivity index (χ0n) is 13.3. The van der Waals surface area contributed by atoms with E-state index < -0.39 is 11.9 Å². The van der Waals surface area contributed by atoms with Crippen molar-refractivity contribution in [1.29, 1.82) is 0 Å². The van der Waals surface area contributed by atoms with Crippen molar-refractivity contribution in [2.24, 2.45) is 5.92 Å². The van der Waals surface area contributed by atoms with Gasteiger partial charge in [-0.3, -0.25) is 4.79 Å². The highest BCUT2D eigenvalue weighted by Crippen LogP contribution is 2.25. The maximum Gasteiger partial charge on any atom is 0.317 e. The Hall–Kier alpha value is -1.63. The largest absolute Gasteiger partial charge is 0.481 e. The molecule has 0 aliphatic carbocycles. The van der Waals surface area contributed by atoms with Crippen LogP contribution in [0, 0.1) is 5.92 Å². The third-order valence-electron chi connectivity index (χ3n) is 3.68. The molecule has 1 aliphatic rings. The molecule has 1 aromatic rings. The number of rotatable bonds is 4. The Morgan fingerprint density at radius 3 is 2.77 bits per heavy atom. The smallest absolute Gasteiger partial charge is 0.317 e. The first-order valence-electron chi connectivity index (χ1n) is 7.48. The van der Waals surface area contributed by atoms with E-state index in [1.807, 2.05) is 5.38 Å². The molecule has 1 unspecified atom stereocenters. The van der Waals surface area contributed by atoms with Crippen molar-refractivity contribution >= 4 is 23.3 Å². The average Bonchev–Trinajstić information content (AvgIpc) is 3.07. The quantitative estimate of drug-likeness (QED) is 0.888. The van der Waals surface area contributed by atoms with E-state index in [2.05, 4.69) is 31.1 Å². The standard InChI is InChI=1S/C15H23N3O3S/c1-15(2,3)13-17-11(9-22-13)4-6-16-14(21)18-7-5-10(8-18)12(19)20/h9-10H,4-8H2,1-3H3,(H,16,21)(H,19,20). The molecule has 0 radical (unpaired) electrons. The minimum absolute atomic E-state index is 0.0492. The second-order valence-electron chi connectivity index (χ2n) is 6.65. The van der Waals surface area contributed by atoms with E-state index in [9.17, 15) is 9.59 Å². The number of carboxylic acid groups (broad SMARTS) is 1. The van der Waals surface area contributed by atoms with Crippen LogP contribution in [-0.4, -0.2) is 46.6 Å². The summed E-state index contributed by atoms with van der Waals surface area (Å²) >= 11 is 1.64. The minimum Gasteiger partial charge on any atom is -0.481 e. The number of carbonyl (C=O) groups is 2. The Labute approximate surface area is 134 Å². The summed E-state index contributed by atoms with van der Waals surface area (Å²) in [5, 5.41) is 14.9. The lowest BCUT2D eigenvalue weighted by Gasteiger charge is -2.16. The highest BCUT2D eigenvalue weighted by molar-refractivity contribution is 7.09. The molecule has 2 rings (SSSR count). The molecule has 7 heteroatoms. The van der Waals surface area contributed by atoms with Gasteiger partial charge in [-0.15, -0.1) is 11.3 Å². The van der Waals surface area contributed by atoms with Crippen molar-refractivity contribution in [3.05, 3.63) is 16.1 Å². The Bertz CT molecular complexity index is 550. The number of carboxylic acids is 1. The topological polar surface area (TPSA) is 82.5 Å². The van der Waals surface area contributed by atoms with E-state index in [-0.39, 0.29) is 11.4 Å². The van der Waals surface area contributed by atoms with Crippen molar-refractivity contribution in [2.75, 3.05) is 19.6 Å². The van der Waals surface area contributed by atoms with Gasteiger partial charge >= 0.3 is 12.0 Å². The van der Waals surface area contributed by atoms with Crippen LogP contribution < -0.4 is 5.32 Å². The van der Waals surface area contributed by atoms with Crippen LogP contribution in [-0.2, 0) is 16.6 Å². The molecule has 2 amide bonds. The highest BCUT2D eigenvalue weighted by Gasteiger charge is 2.30. The first-order valence-corrected chi connectivity index (χ1v) is 8.36. The summed E-state index contributed by atoms with van der Waals surface area (Å²) in [5.74, 6) is -1.26. The van der Waals surface area contributed by atoms with Crippen LogP contribution in [0.5, 0.6) is 0 Å². The fourth-order valence-electron chi connectivity index (χ4n) is 2.32. The van der Waals surface area contributed by atoms with Crippen molar-refractivity contribution in [1.82, 2.24) is 15.2 Å². The summed E-state index contributed by atoms with van der Waals surface area (Å²) < 4.78 is 0. The van der Waals surface area contributed by atoms with Gasteiger partial charge in [0.25, 0.3) is 0 Å². The maximum absolute atomic E-state index is 12.0. The molecule has 1 aromatic heterocycles. The van der Waals surface area contributed by atoms with Gasteiger partial charge in [0.15, 0.2) is 0 Å². The molecule has 2 heterocycles. The second kappa shape index (κ2) is 6.64. The Kier molecular flexibility index (Phi) is 5.05. The average molecular weight is 325 g/mol. The molecule has 1 aliphatic heterocycles. The fourth-order valence-corrected chi connectivity index (χ4v) is 3.26. The van der Waals surface area contributed by atoms with Crippen LogP contribution in [0.1, 0.15) is 37.9 Å². The van der Waals surface area contributed by atoms with Crippen molar-refractivity contribution in [2.45, 2.75) is 39.0 Å². The number of hydrogen-bond acceptors (Lipinski definition) is 4. The number of urea groups is 1. The first-order chi connectivity index (χ1) is 10.3. The third-order valence-corrected chi connectivity index (χ3v) is 4.99. The number of nitrogens with zero attached hydrogens (tertiary/aromatic N) is 2. The van der Waals surface area contributed by atoms with E-state index in [0.717, 1.165) is 10.7 Å². The van der Waals surface area contributed by atoms with Gasteiger partial charge in [0, 0.05) is 36.9 Å². The Morgan fingerprint density at radius 1 is 1.50 bits per heavy atom. The second-order valence-corrected chi connectivity index (χ2v) is 7.50. The summed E-state index contributed by atoms with van der Waals surface area (Å²) in [6, 6.07) is -0.185. The molecular formula is C15H23N3O3S. The van der Waals surface area contributed by atoms with Crippen LogP contribution in [0.4, 0.5) is 4.79 Å². The normalized spacial score (nSPS) is 18.5. The molecule has 22 heavy (non-hydrogen) atoms. The van der Waals surface area contributed by atoms with E-state index in [0.29, 0.717) is 32.5 Å². The van der Waals surface area contributed by atoms with Gasteiger partial charge in [-0.2, -0.15) is 0 Å². The summed E-state index contributed by atoms with van der Waals surface area (Å²) in [6.45, 7) is 7.71. The first kappa shape index (κ1) is 16.7. The molecular weight excluding hydrogens is 302 g/mol. The summed E-state index contributed by atoms with van der Waals surface area (Å²) in [5.41, 5.74) is 1.04. The predicted molar refractivity (Wildman–Crippen MR) is 85.2 cm³/mol. The molecule has 1 atom stereocenters. The summed E-state index contributed by atoms with van der Waals surface area (Å²) in [6.07, 6.45) is 1.22. The number of nitrogens with one attached hydrogen (secondary N) is 1. The summed E-state index contributed by atoms with van der Waals surface area (Å²) in [4.78, 5) is 29.0. The van der Waals surface area contributed by atoms with Crippen LogP contribution in [0.2, 0.25) is 0 Å². The summed E-state index contributed by atoms with van der Waals surface area (Å²) in [7, 11) is 0. The molecule has 0 saturated carbocycles. The molecule has 122 valence electrons. The maximum atomic E-state index is 12.0. The van der Waals surface area contributed by atoms with Crippen molar-refractivity contribution < 1.29 is 14.7 Å². The minimum atomic E-state index is -0.826. The number of carbonyl (C=O) groups excluding carboxylic acids is 1. The number of amides is 2. The van der Waals surface area contributed by atoms with Gasteiger partial charge in [-0.25, -0.2) is 9.78 Å². The van der Waals surface area contributed by atoms with Gasteiger partial charge in [-0.1, -0.05) is 20.8 Å². The highest BCUT2D eigenvalue weighted by atomic mass is 32.1. The number of likely N-dealkylation sites (tertiary alicyclic amines) is 1. The van der Waals surface area contributed by atoms with Gasteiger partial charge in [0.1, 0.15) is 0 Å². The third kappa shape index (κ3) is 4.19. The Balaban J connectivity index is 1.76. The van der Waals surface area contributed by atoms with Crippen LogP contribution in [0.25, 0.3) is 0 Å². The lowest BCUT2D eigenvalue weighted by molar-refractivity contribution is -0.141. The number of thiazole rings is 1. The number of aliphatic carboxylic acids is 1. The molecule has 6 nitrogen and oxygen atoms in total. The zero-order valence-corrected chi connectivity index (χ0v) is 14.1. The van der Waals surface area contributed by atoms with Crippen LogP contribution in [0.15, 0.2) is 5.38 Å². The lowest BCUT2D eigenvalue weighted by atomic mass is 9.98. The van der Waals surface area contributed by atoms with Crippen LogP contribution >= 0.6 is 11.3 Å². The molecule has 1 fully saturated rings. The van der Waals surface area contributed by atoms with E-state index in [1.165, 1.54) is 0 Å². The van der Waals surface area contributed by atoms with Gasteiger partial charge in [0.05, 0.1) is 16.6 Å². The predicted octanol–water partition coefficient (Wildman–Crippen LogP) is 2.10. The number of aromatic nitrogens is 1. The molecule has 0 bridgehead atoms. The van der Waals surface area contributed by atoms with Gasteiger partial charge in [-0.05, 0) is 6.42 Å². The molecule has 0 aromatic carbocycles. The lowest BCUT2D eigenvalue weighted by Crippen LogP contribution is -2.39. The Morgan fingerprint density at radius 2 is 2.23 bits per heavy atom. The number of hydrogen-bond donors (Lipinski definition) is 2. The monoisotopic (exact) mass is 325 g/mol.